The summed E-state index contributed by atoms with van der Waals surface area (Å²) in [6, 6.07) is 7.59. The summed E-state index contributed by atoms with van der Waals surface area (Å²) < 4.78 is 29.3. The molecule has 1 radical (unpaired) electrons. The van der Waals surface area contributed by atoms with Crippen molar-refractivity contribution in [2.24, 2.45) is 5.92 Å². The minimum atomic E-state index is -3.29. The first-order valence-electron chi connectivity index (χ1n) is 8.44. The highest BCUT2D eigenvalue weighted by molar-refractivity contribution is 7.90. The smallest absolute Gasteiger partial charge is 0.176 e. The molecule has 1 saturated heterocycles. The van der Waals surface area contributed by atoms with Crippen molar-refractivity contribution < 1.29 is 13.2 Å². The highest BCUT2D eigenvalue weighted by Gasteiger charge is 2.26. The molecule has 1 aromatic carbocycles. The summed E-state index contributed by atoms with van der Waals surface area (Å²) >= 11 is 5.78. The second-order valence-corrected chi connectivity index (χ2v) is 8.88. The van der Waals surface area contributed by atoms with Crippen molar-refractivity contribution in [2.45, 2.75) is 30.8 Å². The highest BCUT2D eigenvalue weighted by Crippen LogP contribution is 2.27. The Hall–Kier alpha value is -1.86. The number of piperidine rings is 1. The molecule has 2 heterocycles. The van der Waals surface area contributed by atoms with Crippen molar-refractivity contribution >= 4 is 27.3 Å². The average molecular weight is 395 g/mol. The second-order valence-electron chi connectivity index (χ2n) is 6.51. The van der Waals surface area contributed by atoms with Gasteiger partial charge in [-0.1, -0.05) is 11.6 Å². The van der Waals surface area contributed by atoms with E-state index in [1.807, 2.05) is 6.92 Å². The fourth-order valence-electron chi connectivity index (χ4n) is 3.09. The van der Waals surface area contributed by atoms with Crippen molar-refractivity contribution in [3.63, 3.8) is 0 Å². The molecule has 1 aliphatic rings. The Kier molecular flexibility index (Phi) is 5.67. The zero-order valence-electron chi connectivity index (χ0n) is 14.7. The van der Waals surface area contributed by atoms with Gasteiger partial charge in [-0.25, -0.2) is 18.4 Å². The number of rotatable bonds is 5. The molecule has 0 spiro atoms. The van der Waals surface area contributed by atoms with Crippen LogP contribution in [0.3, 0.4) is 0 Å². The van der Waals surface area contributed by atoms with E-state index in [-0.39, 0.29) is 11.0 Å². The summed E-state index contributed by atoms with van der Waals surface area (Å²) in [4.78, 5) is 10.7. The van der Waals surface area contributed by atoms with Gasteiger partial charge in [0.15, 0.2) is 9.84 Å². The van der Waals surface area contributed by atoms with Gasteiger partial charge in [0.25, 0.3) is 0 Å². The number of hydrogen-bond acceptors (Lipinski definition) is 6. The van der Waals surface area contributed by atoms with Gasteiger partial charge in [-0.2, -0.15) is 0 Å². The number of nitrogens with zero attached hydrogens (tertiary/aromatic N) is 3. The predicted octanol–water partition coefficient (Wildman–Crippen LogP) is 3.02. The van der Waals surface area contributed by atoms with E-state index in [4.69, 9.17) is 16.3 Å². The standard InChI is InChI=1S/C18H21ClN3O3S/c1-13(25-15-4-3-5-16(10-15)26(2,23)24)14-6-8-22(9-7-14)18-12-20-17(19)11-21-18/h3-4,10-14H,6-9H2,1-2H3. The monoisotopic (exact) mass is 394 g/mol. The third kappa shape index (κ3) is 4.65. The maximum atomic E-state index is 11.7. The predicted molar refractivity (Wildman–Crippen MR) is 100 cm³/mol. The fourth-order valence-corrected chi connectivity index (χ4v) is 3.80. The molecule has 139 valence electrons. The Bertz CT molecular complexity index is 850. The van der Waals surface area contributed by atoms with Gasteiger partial charge in [0, 0.05) is 25.4 Å². The molecule has 26 heavy (non-hydrogen) atoms. The quantitative estimate of drug-likeness (QED) is 0.776. The number of benzene rings is 1. The first kappa shape index (κ1) is 18.9. The summed E-state index contributed by atoms with van der Waals surface area (Å²) in [5, 5.41) is 0.388. The van der Waals surface area contributed by atoms with Crippen LogP contribution in [0.5, 0.6) is 5.75 Å². The summed E-state index contributed by atoms with van der Waals surface area (Å²) in [7, 11) is -3.29. The third-order valence-electron chi connectivity index (χ3n) is 4.60. The third-order valence-corrected chi connectivity index (χ3v) is 5.83. The average Bonchev–Trinajstić information content (AvgIpc) is 2.62. The zero-order chi connectivity index (χ0) is 18.7. The van der Waals surface area contributed by atoms with Crippen molar-refractivity contribution in [3.05, 3.63) is 41.8 Å². The Morgan fingerprint density at radius 2 is 2.04 bits per heavy atom. The Labute approximate surface area is 159 Å². The van der Waals surface area contributed by atoms with Crippen molar-refractivity contribution in [3.8, 4) is 5.75 Å². The number of sulfone groups is 1. The number of anilines is 1. The van der Waals surface area contributed by atoms with Crippen molar-refractivity contribution in [1.82, 2.24) is 9.97 Å². The van der Waals surface area contributed by atoms with Gasteiger partial charge in [0.2, 0.25) is 0 Å². The Morgan fingerprint density at radius 3 is 2.65 bits per heavy atom. The van der Waals surface area contributed by atoms with Crippen molar-refractivity contribution in [1.29, 1.82) is 0 Å². The molecule has 0 N–H and O–H groups in total. The van der Waals surface area contributed by atoms with Crippen LogP contribution in [0, 0.1) is 12.0 Å². The lowest BCUT2D eigenvalue weighted by molar-refractivity contribution is 0.132. The van der Waals surface area contributed by atoms with Crippen LogP contribution >= 0.6 is 11.6 Å². The number of halogens is 1. The molecule has 2 aromatic rings. The van der Waals surface area contributed by atoms with Gasteiger partial charge in [-0.15, -0.1) is 0 Å². The molecule has 0 saturated carbocycles. The van der Waals surface area contributed by atoms with Gasteiger partial charge in [0.05, 0.1) is 23.4 Å². The molecule has 1 aliphatic heterocycles. The van der Waals surface area contributed by atoms with E-state index in [1.165, 1.54) is 12.3 Å². The Morgan fingerprint density at radius 1 is 1.31 bits per heavy atom. The molecule has 3 rings (SSSR count). The van der Waals surface area contributed by atoms with E-state index < -0.39 is 9.84 Å². The van der Waals surface area contributed by atoms with Crippen LogP contribution in [0.15, 0.2) is 35.5 Å². The van der Waals surface area contributed by atoms with Crippen LogP contribution in [-0.4, -0.2) is 43.8 Å². The van der Waals surface area contributed by atoms with Gasteiger partial charge in [-0.3, -0.25) is 0 Å². The first-order chi connectivity index (χ1) is 12.3. The van der Waals surface area contributed by atoms with Crippen LogP contribution < -0.4 is 9.64 Å². The molecule has 6 nitrogen and oxygen atoms in total. The molecular formula is C18H21ClN3O3S. The lowest BCUT2D eigenvalue weighted by Gasteiger charge is -2.35. The van der Waals surface area contributed by atoms with E-state index in [2.05, 4.69) is 20.9 Å². The highest BCUT2D eigenvalue weighted by atomic mass is 35.5. The molecule has 0 bridgehead atoms. The molecular weight excluding hydrogens is 374 g/mol. The van der Waals surface area contributed by atoms with Crippen LogP contribution in [0.25, 0.3) is 0 Å². The minimum absolute atomic E-state index is 0.0109. The lowest BCUT2D eigenvalue weighted by atomic mass is 9.92. The SMILES string of the molecule is CC(Oc1cc[c]c(S(C)(=O)=O)c1)C1CCN(c2cnc(Cl)cn2)CC1. The Balaban J connectivity index is 1.58. The van der Waals surface area contributed by atoms with Gasteiger partial charge < -0.3 is 9.64 Å². The van der Waals surface area contributed by atoms with Crippen molar-refractivity contribution in [2.75, 3.05) is 24.2 Å². The van der Waals surface area contributed by atoms with Gasteiger partial charge in [-0.05, 0) is 43.9 Å². The molecule has 0 amide bonds. The summed E-state index contributed by atoms with van der Waals surface area (Å²) in [5.41, 5.74) is 0. The zero-order valence-corrected chi connectivity index (χ0v) is 16.3. The first-order valence-corrected chi connectivity index (χ1v) is 10.7. The largest absolute Gasteiger partial charge is 0.490 e. The van der Waals surface area contributed by atoms with E-state index in [9.17, 15) is 8.42 Å². The molecule has 1 unspecified atom stereocenters. The van der Waals surface area contributed by atoms with Crippen LogP contribution in [0.2, 0.25) is 5.15 Å². The van der Waals surface area contributed by atoms with Crippen LogP contribution in [-0.2, 0) is 9.84 Å². The van der Waals surface area contributed by atoms with Gasteiger partial charge >= 0.3 is 0 Å². The number of aromatic nitrogens is 2. The van der Waals surface area contributed by atoms with Crippen LogP contribution in [0.1, 0.15) is 19.8 Å². The van der Waals surface area contributed by atoms with E-state index in [0.717, 1.165) is 31.7 Å². The van der Waals surface area contributed by atoms with E-state index in [0.29, 0.717) is 16.8 Å². The second kappa shape index (κ2) is 7.80. The summed E-state index contributed by atoms with van der Waals surface area (Å²) in [5.74, 6) is 1.78. The topological polar surface area (TPSA) is 72.4 Å². The molecule has 0 aliphatic carbocycles. The molecule has 1 aromatic heterocycles. The maximum absolute atomic E-state index is 11.7. The molecule has 1 fully saturated rings. The summed E-state index contributed by atoms with van der Waals surface area (Å²) in [6.45, 7) is 3.76. The number of hydrogen-bond donors (Lipinski definition) is 0. The minimum Gasteiger partial charge on any atom is -0.490 e. The maximum Gasteiger partial charge on any atom is 0.176 e. The molecule has 1 atom stereocenters. The van der Waals surface area contributed by atoms with E-state index in [1.54, 1.807) is 24.5 Å². The van der Waals surface area contributed by atoms with Gasteiger partial charge in [0.1, 0.15) is 16.7 Å². The van der Waals surface area contributed by atoms with E-state index >= 15 is 0 Å². The number of ether oxygens (including phenoxy) is 1. The lowest BCUT2D eigenvalue weighted by Crippen LogP contribution is -2.39. The summed E-state index contributed by atoms with van der Waals surface area (Å²) in [6.07, 6.45) is 6.33. The molecule has 8 heteroatoms. The fraction of sp³-hybridized carbons (Fsp3) is 0.444. The normalized spacial score (nSPS) is 17.1. The van der Waals surface area contributed by atoms with Crippen LogP contribution in [0.4, 0.5) is 5.82 Å².